The van der Waals surface area contributed by atoms with Crippen LogP contribution in [0.3, 0.4) is 0 Å². The number of aromatic amines is 1. The van der Waals surface area contributed by atoms with Crippen molar-refractivity contribution in [1.29, 1.82) is 0 Å². The van der Waals surface area contributed by atoms with E-state index < -0.39 is 5.97 Å². The van der Waals surface area contributed by atoms with E-state index in [4.69, 9.17) is 4.74 Å². The summed E-state index contributed by atoms with van der Waals surface area (Å²) in [6.45, 7) is 6.47. The van der Waals surface area contributed by atoms with Crippen molar-refractivity contribution in [2.75, 3.05) is 18.5 Å². The molecular formula is C24H25N3O3. The molecule has 2 amide bonds. The van der Waals surface area contributed by atoms with E-state index in [1.165, 1.54) is 0 Å². The third-order valence-electron chi connectivity index (χ3n) is 5.20. The van der Waals surface area contributed by atoms with Gasteiger partial charge < -0.3 is 15.0 Å². The van der Waals surface area contributed by atoms with Crippen LogP contribution in [0.2, 0.25) is 0 Å². The number of anilines is 1. The number of aryl methyl sites for hydroxylation is 2. The highest BCUT2D eigenvalue weighted by Gasteiger charge is 2.27. The largest absolute Gasteiger partial charge is 0.462 e. The summed E-state index contributed by atoms with van der Waals surface area (Å²) in [5.74, 6) is -0.448. The van der Waals surface area contributed by atoms with Crippen LogP contribution in [0.1, 0.15) is 29.3 Å². The molecule has 0 spiro atoms. The van der Waals surface area contributed by atoms with Gasteiger partial charge in [-0.2, -0.15) is 0 Å². The van der Waals surface area contributed by atoms with E-state index in [0.29, 0.717) is 18.5 Å². The summed E-state index contributed by atoms with van der Waals surface area (Å²) >= 11 is 0. The van der Waals surface area contributed by atoms with Gasteiger partial charge in [-0.3, -0.25) is 4.90 Å². The molecule has 0 radical (unpaired) electrons. The van der Waals surface area contributed by atoms with Crippen LogP contribution in [0, 0.1) is 13.8 Å². The molecule has 0 aliphatic carbocycles. The second-order valence-electron chi connectivity index (χ2n) is 7.54. The number of esters is 1. The lowest BCUT2D eigenvalue weighted by molar-refractivity contribution is -0.136. The maximum absolute atomic E-state index is 13.0. The molecule has 1 aliphatic rings. The maximum atomic E-state index is 13.0. The maximum Gasteiger partial charge on any atom is 0.341 e. The van der Waals surface area contributed by atoms with E-state index >= 15 is 0 Å². The molecule has 6 nitrogen and oxygen atoms in total. The number of hydrogen-bond acceptors (Lipinski definition) is 3. The van der Waals surface area contributed by atoms with Crippen LogP contribution in [0.25, 0.3) is 16.5 Å². The standard InChI is InChI=1S/C24H25N3O3/c1-4-30-23(28)20-14-27(24(29)25-17-12-15(2)11-16(3)13-17)10-9-19-18-7-5-6-8-21(18)26-22(19)20/h5-8,11-14,26H,4,9-10H2,1-3H3,(H,25,29). The van der Waals surface area contributed by atoms with Crippen LogP contribution in [-0.2, 0) is 16.0 Å². The topological polar surface area (TPSA) is 74.4 Å². The summed E-state index contributed by atoms with van der Waals surface area (Å²) in [5.41, 5.74) is 5.94. The number of urea groups is 1. The highest BCUT2D eigenvalue weighted by atomic mass is 16.5. The zero-order valence-electron chi connectivity index (χ0n) is 17.4. The summed E-state index contributed by atoms with van der Waals surface area (Å²) in [6, 6.07) is 13.6. The van der Waals surface area contributed by atoms with Gasteiger partial charge in [-0.25, -0.2) is 9.59 Å². The Morgan fingerprint density at radius 1 is 1.13 bits per heavy atom. The van der Waals surface area contributed by atoms with Gasteiger partial charge in [-0.15, -0.1) is 0 Å². The number of carbonyl (C=O) groups excluding carboxylic acids is 2. The Bertz CT molecular complexity index is 1140. The summed E-state index contributed by atoms with van der Waals surface area (Å²) in [7, 11) is 0. The molecule has 30 heavy (non-hydrogen) atoms. The van der Waals surface area contributed by atoms with Gasteiger partial charge in [-0.1, -0.05) is 24.3 Å². The lowest BCUT2D eigenvalue weighted by Crippen LogP contribution is -2.32. The number of aromatic nitrogens is 1. The molecule has 2 heterocycles. The van der Waals surface area contributed by atoms with E-state index in [2.05, 4.69) is 16.4 Å². The van der Waals surface area contributed by atoms with Crippen molar-refractivity contribution in [3.8, 4) is 0 Å². The molecule has 0 fully saturated rings. The number of carbonyl (C=O) groups is 2. The van der Waals surface area contributed by atoms with Crippen molar-refractivity contribution in [2.24, 2.45) is 0 Å². The SMILES string of the molecule is CCOC(=O)C1=CN(C(=O)Nc2cc(C)cc(C)c2)CCc2c1[nH]c1ccccc21. The van der Waals surface area contributed by atoms with Crippen LogP contribution < -0.4 is 5.32 Å². The fraction of sp³-hybridized carbons (Fsp3) is 0.250. The summed E-state index contributed by atoms with van der Waals surface area (Å²) < 4.78 is 5.28. The van der Waals surface area contributed by atoms with Gasteiger partial charge >= 0.3 is 12.0 Å². The van der Waals surface area contributed by atoms with Gasteiger partial charge in [0, 0.05) is 29.3 Å². The molecule has 1 aromatic heterocycles. The number of para-hydroxylation sites is 1. The lowest BCUT2D eigenvalue weighted by Gasteiger charge is -2.19. The average molecular weight is 403 g/mol. The monoisotopic (exact) mass is 403 g/mol. The van der Waals surface area contributed by atoms with E-state index in [-0.39, 0.29) is 12.6 Å². The normalized spacial score (nSPS) is 13.4. The molecule has 4 rings (SSSR count). The van der Waals surface area contributed by atoms with E-state index in [9.17, 15) is 9.59 Å². The predicted molar refractivity (Wildman–Crippen MR) is 118 cm³/mol. The number of benzene rings is 2. The minimum Gasteiger partial charge on any atom is -0.462 e. The zero-order valence-corrected chi connectivity index (χ0v) is 17.4. The fourth-order valence-corrected chi connectivity index (χ4v) is 3.97. The Morgan fingerprint density at radius 3 is 2.60 bits per heavy atom. The van der Waals surface area contributed by atoms with Crippen LogP contribution in [0.15, 0.2) is 48.7 Å². The molecule has 0 atom stereocenters. The number of ether oxygens (including phenoxy) is 1. The first kappa shape index (κ1) is 19.8. The molecule has 1 aliphatic heterocycles. The Hall–Kier alpha value is -3.54. The van der Waals surface area contributed by atoms with Gasteiger partial charge in [0.2, 0.25) is 0 Å². The average Bonchev–Trinajstić information content (AvgIpc) is 2.94. The van der Waals surface area contributed by atoms with Crippen LogP contribution >= 0.6 is 0 Å². The van der Waals surface area contributed by atoms with Gasteiger partial charge in [-0.05, 0) is 62.1 Å². The molecule has 154 valence electrons. The highest BCUT2D eigenvalue weighted by Crippen LogP contribution is 2.31. The smallest absolute Gasteiger partial charge is 0.341 e. The Kier molecular flexibility index (Phi) is 5.31. The van der Waals surface area contributed by atoms with Gasteiger partial charge in [0.15, 0.2) is 0 Å². The molecule has 6 heteroatoms. The second kappa shape index (κ2) is 8.06. The zero-order chi connectivity index (χ0) is 21.3. The van der Waals surface area contributed by atoms with Crippen LogP contribution in [-0.4, -0.2) is 35.0 Å². The van der Waals surface area contributed by atoms with Gasteiger partial charge in [0.1, 0.15) is 0 Å². The Morgan fingerprint density at radius 2 is 1.87 bits per heavy atom. The third kappa shape index (κ3) is 3.81. The molecule has 0 unspecified atom stereocenters. The fourth-order valence-electron chi connectivity index (χ4n) is 3.97. The van der Waals surface area contributed by atoms with Crippen molar-refractivity contribution in [3.63, 3.8) is 0 Å². The van der Waals surface area contributed by atoms with E-state index in [1.54, 1.807) is 18.0 Å². The highest BCUT2D eigenvalue weighted by molar-refractivity contribution is 6.18. The molecule has 2 aromatic carbocycles. The summed E-state index contributed by atoms with van der Waals surface area (Å²) in [6.07, 6.45) is 2.22. The number of amides is 2. The first-order chi connectivity index (χ1) is 14.5. The van der Waals surface area contributed by atoms with E-state index in [0.717, 1.165) is 39.0 Å². The lowest BCUT2D eigenvalue weighted by atomic mass is 10.0. The molecule has 2 N–H and O–H groups in total. The van der Waals surface area contributed by atoms with Crippen LogP contribution in [0.5, 0.6) is 0 Å². The Labute approximate surface area is 175 Å². The summed E-state index contributed by atoms with van der Waals surface area (Å²) in [5, 5.41) is 4.00. The van der Waals surface area contributed by atoms with Gasteiger partial charge in [0.05, 0.1) is 17.9 Å². The molecule has 0 saturated carbocycles. The quantitative estimate of drug-likeness (QED) is 0.618. The van der Waals surface area contributed by atoms with Crippen molar-refractivity contribution < 1.29 is 14.3 Å². The Balaban J connectivity index is 1.70. The first-order valence-corrected chi connectivity index (χ1v) is 10.1. The number of nitrogens with zero attached hydrogens (tertiary/aromatic N) is 1. The second-order valence-corrected chi connectivity index (χ2v) is 7.54. The van der Waals surface area contributed by atoms with Crippen molar-refractivity contribution >= 4 is 34.2 Å². The number of nitrogens with one attached hydrogen (secondary N) is 2. The number of H-pyrrole nitrogens is 1. The minimum atomic E-state index is -0.448. The molecule has 3 aromatic rings. The number of fused-ring (bicyclic) bond motifs is 3. The van der Waals surface area contributed by atoms with Gasteiger partial charge in [0.25, 0.3) is 0 Å². The van der Waals surface area contributed by atoms with Crippen molar-refractivity contribution in [3.05, 3.63) is 71.0 Å². The van der Waals surface area contributed by atoms with Crippen molar-refractivity contribution in [2.45, 2.75) is 27.2 Å². The number of hydrogen-bond donors (Lipinski definition) is 2. The summed E-state index contributed by atoms with van der Waals surface area (Å²) in [4.78, 5) is 30.6. The molecule has 0 saturated heterocycles. The molecular weight excluding hydrogens is 378 g/mol. The van der Waals surface area contributed by atoms with Crippen molar-refractivity contribution in [1.82, 2.24) is 9.88 Å². The molecule has 0 bridgehead atoms. The minimum absolute atomic E-state index is 0.264. The van der Waals surface area contributed by atoms with Crippen LogP contribution in [0.4, 0.5) is 10.5 Å². The third-order valence-corrected chi connectivity index (χ3v) is 5.20. The number of rotatable bonds is 3. The predicted octanol–water partition coefficient (Wildman–Crippen LogP) is 4.78. The van der Waals surface area contributed by atoms with E-state index in [1.807, 2.05) is 50.2 Å². The first-order valence-electron chi connectivity index (χ1n) is 10.1.